The number of nitrogens with zero attached hydrogens (tertiary/aromatic N) is 2. The van der Waals surface area contributed by atoms with Gasteiger partial charge in [0.05, 0.1) is 11.8 Å². The van der Waals surface area contributed by atoms with E-state index in [0.29, 0.717) is 0 Å². The van der Waals surface area contributed by atoms with Crippen molar-refractivity contribution in [2.24, 2.45) is 0 Å². The highest BCUT2D eigenvalue weighted by Gasteiger charge is 2.23. The van der Waals surface area contributed by atoms with Crippen LogP contribution in [-0.2, 0) is 13.1 Å². The average Bonchev–Trinajstić information content (AvgIpc) is 2.78. The first kappa shape index (κ1) is 7.75. The fraction of sp³-hybridized carbons (Fsp3) is 0.333. The largest absolute Gasteiger partial charge is 0.355 e. The second-order valence-corrected chi connectivity index (χ2v) is 3.45. The van der Waals surface area contributed by atoms with Gasteiger partial charge in [0.1, 0.15) is 5.69 Å². The molecule has 72 valence electrons. The van der Waals surface area contributed by atoms with Crippen molar-refractivity contribution < 1.29 is 4.52 Å². The molecule has 5 nitrogen and oxygen atoms in total. The predicted octanol–water partition coefficient (Wildman–Crippen LogP) is 0.976. The Hall–Kier alpha value is -1.62. The Labute approximate surface area is 80.5 Å². The molecule has 1 aliphatic rings. The van der Waals surface area contributed by atoms with Crippen LogP contribution in [0.1, 0.15) is 17.0 Å². The summed E-state index contributed by atoms with van der Waals surface area (Å²) in [4.78, 5) is 0. The van der Waals surface area contributed by atoms with Gasteiger partial charge >= 0.3 is 0 Å². The Balaban J connectivity index is 2.17. The van der Waals surface area contributed by atoms with E-state index < -0.39 is 0 Å². The van der Waals surface area contributed by atoms with E-state index in [0.717, 1.165) is 41.4 Å². The number of rotatable bonds is 1. The molecule has 2 aromatic rings. The molecule has 5 heteroatoms. The Morgan fingerprint density at radius 3 is 3.14 bits per heavy atom. The topological polar surface area (TPSA) is 66.7 Å². The molecule has 0 saturated carbocycles. The summed E-state index contributed by atoms with van der Waals surface area (Å²) >= 11 is 0. The quantitative estimate of drug-likeness (QED) is 0.703. The zero-order chi connectivity index (χ0) is 9.54. The van der Waals surface area contributed by atoms with E-state index in [2.05, 4.69) is 20.7 Å². The Morgan fingerprint density at radius 1 is 1.43 bits per heavy atom. The Kier molecular flexibility index (Phi) is 1.49. The predicted molar refractivity (Wildman–Crippen MR) is 49.4 cm³/mol. The lowest BCUT2D eigenvalue weighted by molar-refractivity contribution is 0.417. The van der Waals surface area contributed by atoms with Gasteiger partial charge in [-0.25, -0.2) is 0 Å². The molecule has 0 saturated heterocycles. The first-order valence-corrected chi connectivity index (χ1v) is 4.54. The van der Waals surface area contributed by atoms with Crippen molar-refractivity contribution >= 4 is 0 Å². The van der Waals surface area contributed by atoms with Gasteiger partial charge in [-0.1, -0.05) is 5.16 Å². The van der Waals surface area contributed by atoms with Gasteiger partial charge in [-0.2, -0.15) is 5.10 Å². The summed E-state index contributed by atoms with van der Waals surface area (Å²) < 4.78 is 5.31. The molecule has 0 atom stereocenters. The lowest BCUT2D eigenvalue weighted by Gasteiger charge is -1.95. The number of aryl methyl sites for hydroxylation is 1. The maximum Gasteiger partial charge on any atom is 0.175 e. The number of fused-ring (bicyclic) bond motifs is 1. The second-order valence-electron chi connectivity index (χ2n) is 3.45. The minimum atomic E-state index is 0.801. The smallest absolute Gasteiger partial charge is 0.175 e. The van der Waals surface area contributed by atoms with Crippen molar-refractivity contribution in [3.63, 3.8) is 0 Å². The minimum absolute atomic E-state index is 0.801. The molecule has 2 N–H and O–H groups in total. The van der Waals surface area contributed by atoms with Gasteiger partial charge < -0.3 is 9.84 Å². The van der Waals surface area contributed by atoms with Gasteiger partial charge in [-0.15, -0.1) is 0 Å². The number of hydrogen-bond acceptors (Lipinski definition) is 4. The molecule has 14 heavy (non-hydrogen) atoms. The van der Waals surface area contributed by atoms with E-state index in [1.54, 1.807) is 6.20 Å². The van der Waals surface area contributed by atoms with Gasteiger partial charge in [0, 0.05) is 24.3 Å². The van der Waals surface area contributed by atoms with E-state index in [9.17, 15) is 0 Å². The molecule has 0 aromatic carbocycles. The van der Waals surface area contributed by atoms with Crippen molar-refractivity contribution in [2.75, 3.05) is 0 Å². The van der Waals surface area contributed by atoms with E-state index in [1.165, 1.54) is 0 Å². The van der Waals surface area contributed by atoms with Crippen molar-refractivity contribution in [1.29, 1.82) is 0 Å². The maximum absolute atomic E-state index is 5.31. The van der Waals surface area contributed by atoms with Crippen molar-refractivity contribution in [3.8, 4) is 11.3 Å². The molecule has 0 unspecified atom stereocenters. The monoisotopic (exact) mass is 190 g/mol. The Bertz CT molecular complexity index is 471. The van der Waals surface area contributed by atoms with Gasteiger partial charge in [-0.05, 0) is 6.92 Å². The summed E-state index contributed by atoms with van der Waals surface area (Å²) in [7, 11) is 0. The van der Waals surface area contributed by atoms with Gasteiger partial charge in [0.2, 0.25) is 0 Å². The number of aromatic amines is 1. The molecule has 0 fully saturated rings. The summed E-state index contributed by atoms with van der Waals surface area (Å²) in [6.07, 6.45) is 1.77. The van der Waals surface area contributed by atoms with Crippen LogP contribution in [0.4, 0.5) is 0 Å². The molecule has 0 bridgehead atoms. The zero-order valence-corrected chi connectivity index (χ0v) is 7.79. The van der Waals surface area contributed by atoms with Gasteiger partial charge in [0.15, 0.2) is 5.76 Å². The zero-order valence-electron chi connectivity index (χ0n) is 7.79. The molecule has 0 amide bonds. The van der Waals surface area contributed by atoms with Crippen LogP contribution in [0.3, 0.4) is 0 Å². The number of hydrogen-bond donors (Lipinski definition) is 2. The highest BCUT2D eigenvalue weighted by atomic mass is 16.5. The molecule has 2 aromatic heterocycles. The van der Waals surface area contributed by atoms with Crippen LogP contribution >= 0.6 is 0 Å². The third kappa shape index (κ3) is 0.927. The molecule has 3 rings (SSSR count). The first-order chi connectivity index (χ1) is 6.86. The van der Waals surface area contributed by atoms with Crippen LogP contribution in [0.5, 0.6) is 0 Å². The van der Waals surface area contributed by atoms with E-state index >= 15 is 0 Å². The summed E-state index contributed by atoms with van der Waals surface area (Å²) in [6, 6.07) is 0. The fourth-order valence-corrected chi connectivity index (χ4v) is 1.76. The SMILES string of the molecule is Cc1[nH]ncc1-c1onc2c1CNC2. The van der Waals surface area contributed by atoms with E-state index in [4.69, 9.17) is 4.52 Å². The molecular weight excluding hydrogens is 180 g/mol. The molecule has 0 aliphatic carbocycles. The number of H-pyrrole nitrogens is 1. The third-order valence-electron chi connectivity index (χ3n) is 2.54. The fourth-order valence-electron chi connectivity index (χ4n) is 1.76. The lowest BCUT2D eigenvalue weighted by atomic mass is 10.1. The van der Waals surface area contributed by atoms with Crippen molar-refractivity contribution in [1.82, 2.24) is 20.7 Å². The highest BCUT2D eigenvalue weighted by Crippen LogP contribution is 2.29. The van der Waals surface area contributed by atoms with Crippen molar-refractivity contribution in [2.45, 2.75) is 20.0 Å². The summed E-state index contributed by atoms with van der Waals surface area (Å²) in [5.41, 5.74) is 4.19. The summed E-state index contributed by atoms with van der Waals surface area (Å²) in [5, 5.41) is 14.1. The molecule has 1 aliphatic heterocycles. The second kappa shape index (κ2) is 2.68. The van der Waals surface area contributed by atoms with E-state index in [1.807, 2.05) is 6.92 Å². The van der Waals surface area contributed by atoms with Crippen LogP contribution in [0.2, 0.25) is 0 Å². The van der Waals surface area contributed by atoms with Crippen LogP contribution < -0.4 is 5.32 Å². The summed E-state index contributed by atoms with van der Waals surface area (Å²) in [6.45, 7) is 3.61. The van der Waals surface area contributed by atoms with Crippen LogP contribution in [0.25, 0.3) is 11.3 Å². The van der Waals surface area contributed by atoms with E-state index in [-0.39, 0.29) is 0 Å². The molecular formula is C9H10N4O. The minimum Gasteiger partial charge on any atom is -0.355 e. The number of aromatic nitrogens is 3. The lowest BCUT2D eigenvalue weighted by Crippen LogP contribution is -2.01. The van der Waals surface area contributed by atoms with Gasteiger partial charge in [-0.3, -0.25) is 5.10 Å². The van der Waals surface area contributed by atoms with Crippen LogP contribution in [-0.4, -0.2) is 15.4 Å². The maximum atomic E-state index is 5.31. The first-order valence-electron chi connectivity index (χ1n) is 4.54. The third-order valence-corrected chi connectivity index (χ3v) is 2.54. The highest BCUT2D eigenvalue weighted by molar-refractivity contribution is 5.64. The normalized spacial score (nSPS) is 14.6. The molecule has 0 radical (unpaired) electrons. The molecule has 3 heterocycles. The summed E-state index contributed by atoms with van der Waals surface area (Å²) in [5.74, 6) is 0.844. The standard InChI is InChI=1S/C9H10N4O/c1-5-6(3-11-12-5)9-7-2-10-4-8(7)13-14-9/h3,10H,2,4H2,1H3,(H,11,12). The van der Waals surface area contributed by atoms with Crippen molar-refractivity contribution in [3.05, 3.63) is 23.1 Å². The molecule has 0 spiro atoms. The Morgan fingerprint density at radius 2 is 2.36 bits per heavy atom. The van der Waals surface area contributed by atoms with Crippen LogP contribution in [0, 0.1) is 6.92 Å². The van der Waals surface area contributed by atoms with Gasteiger partial charge in [0.25, 0.3) is 0 Å². The average molecular weight is 190 g/mol. The number of nitrogens with one attached hydrogen (secondary N) is 2. The van der Waals surface area contributed by atoms with Crippen LogP contribution in [0.15, 0.2) is 10.7 Å².